The number of aromatic nitrogens is 1. The monoisotopic (exact) mass is 284 g/mol. The van der Waals surface area contributed by atoms with E-state index in [1.54, 1.807) is 0 Å². The highest BCUT2D eigenvalue weighted by Crippen LogP contribution is 2.41. The molecule has 1 aromatic heterocycles. The largest absolute Gasteiger partial charge is 0.399 e. The van der Waals surface area contributed by atoms with Crippen LogP contribution in [0.15, 0.2) is 48.5 Å². The van der Waals surface area contributed by atoms with Crippen molar-refractivity contribution in [2.24, 2.45) is 0 Å². The Morgan fingerprint density at radius 3 is 2.55 bits per heavy atom. The first-order chi connectivity index (χ1) is 10.7. The average molecular weight is 284 g/mol. The van der Waals surface area contributed by atoms with Crippen LogP contribution in [-0.4, -0.2) is 4.98 Å². The number of rotatable bonds is 0. The van der Waals surface area contributed by atoms with E-state index >= 15 is 0 Å². The van der Waals surface area contributed by atoms with E-state index in [9.17, 15) is 0 Å². The van der Waals surface area contributed by atoms with E-state index in [0.717, 1.165) is 17.6 Å². The van der Waals surface area contributed by atoms with Crippen molar-refractivity contribution >= 4 is 27.5 Å². The number of hydrogen-bond acceptors (Lipinski definition) is 1. The maximum absolute atomic E-state index is 5.97. The second-order valence-electron chi connectivity index (χ2n) is 6.32. The molecule has 0 saturated heterocycles. The van der Waals surface area contributed by atoms with Gasteiger partial charge in [-0.25, -0.2) is 0 Å². The summed E-state index contributed by atoms with van der Waals surface area (Å²) in [6, 6.07) is 17.5. The SMILES string of the molecule is Cc1ccc2c(c1)-c1cc3c(cc1C2)[nH]c1ccc(N)cc13. The summed E-state index contributed by atoms with van der Waals surface area (Å²) >= 11 is 0. The molecule has 2 nitrogen and oxygen atoms in total. The first kappa shape index (κ1) is 11.9. The van der Waals surface area contributed by atoms with Crippen molar-refractivity contribution in [1.29, 1.82) is 0 Å². The van der Waals surface area contributed by atoms with Gasteiger partial charge in [-0.3, -0.25) is 0 Å². The van der Waals surface area contributed by atoms with Crippen molar-refractivity contribution in [3.8, 4) is 11.1 Å². The molecule has 0 aliphatic heterocycles. The number of fused-ring (bicyclic) bond motifs is 6. The lowest BCUT2D eigenvalue weighted by molar-refractivity contribution is 1.26. The third-order valence-electron chi connectivity index (χ3n) is 4.78. The molecule has 0 atom stereocenters. The average Bonchev–Trinajstić information content (AvgIpc) is 3.02. The number of hydrogen-bond donors (Lipinski definition) is 2. The Morgan fingerprint density at radius 2 is 1.64 bits per heavy atom. The van der Waals surface area contributed by atoms with Crippen LogP contribution in [0.1, 0.15) is 16.7 Å². The van der Waals surface area contributed by atoms with Crippen molar-refractivity contribution < 1.29 is 0 Å². The minimum Gasteiger partial charge on any atom is -0.399 e. The molecule has 0 amide bonds. The summed E-state index contributed by atoms with van der Waals surface area (Å²) in [6.45, 7) is 2.16. The highest BCUT2D eigenvalue weighted by molar-refractivity contribution is 6.10. The molecular formula is C20H16N2. The van der Waals surface area contributed by atoms with Crippen molar-refractivity contribution in [2.45, 2.75) is 13.3 Å². The predicted molar refractivity (Wildman–Crippen MR) is 93.2 cm³/mol. The summed E-state index contributed by atoms with van der Waals surface area (Å²) in [5.41, 5.74) is 16.0. The first-order valence-corrected chi connectivity index (χ1v) is 7.63. The fourth-order valence-corrected chi connectivity index (χ4v) is 3.71. The third kappa shape index (κ3) is 1.49. The van der Waals surface area contributed by atoms with Gasteiger partial charge in [0.1, 0.15) is 0 Å². The number of aryl methyl sites for hydroxylation is 1. The second-order valence-corrected chi connectivity index (χ2v) is 6.32. The molecule has 3 aromatic carbocycles. The first-order valence-electron chi connectivity index (χ1n) is 7.63. The van der Waals surface area contributed by atoms with Crippen LogP contribution in [0.25, 0.3) is 32.9 Å². The number of aromatic amines is 1. The molecule has 3 N–H and O–H groups in total. The van der Waals surface area contributed by atoms with E-state index < -0.39 is 0 Å². The van der Waals surface area contributed by atoms with Gasteiger partial charge in [0.05, 0.1) is 0 Å². The zero-order valence-electron chi connectivity index (χ0n) is 12.4. The molecule has 4 aromatic rings. The Balaban J connectivity index is 1.88. The van der Waals surface area contributed by atoms with Gasteiger partial charge in [-0.05, 0) is 65.9 Å². The van der Waals surface area contributed by atoms with Gasteiger partial charge >= 0.3 is 0 Å². The molecule has 0 unspecified atom stereocenters. The zero-order valence-corrected chi connectivity index (χ0v) is 12.4. The number of benzene rings is 3. The molecule has 106 valence electrons. The summed E-state index contributed by atoms with van der Waals surface area (Å²) in [6.07, 6.45) is 1.03. The highest BCUT2D eigenvalue weighted by atomic mass is 14.7. The number of nitrogens with one attached hydrogen (secondary N) is 1. The maximum Gasteiger partial charge on any atom is 0.0468 e. The van der Waals surface area contributed by atoms with Crippen LogP contribution in [0, 0.1) is 6.92 Å². The molecule has 0 radical (unpaired) electrons. The second kappa shape index (κ2) is 3.92. The van der Waals surface area contributed by atoms with Gasteiger partial charge in [0.2, 0.25) is 0 Å². The third-order valence-corrected chi connectivity index (χ3v) is 4.78. The molecule has 0 fully saturated rings. The molecule has 1 heterocycles. The molecule has 5 rings (SSSR count). The Morgan fingerprint density at radius 1 is 0.818 bits per heavy atom. The Kier molecular flexibility index (Phi) is 2.11. The number of anilines is 1. The van der Waals surface area contributed by atoms with Gasteiger partial charge < -0.3 is 10.7 Å². The lowest BCUT2D eigenvalue weighted by Crippen LogP contribution is -1.82. The summed E-state index contributed by atoms with van der Waals surface area (Å²) in [5.74, 6) is 0. The molecule has 0 bridgehead atoms. The lowest BCUT2D eigenvalue weighted by Gasteiger charge is -2.03. The Labute approximate surface area is 128 Å². The van der Waals surface area contributed by atoms with Crippen molar-refractivity contribution in [1.82, 2.24) is 4.98 Å². The zero-order chi connectivity index (χ0) is 14.8. The van der Waals surface area contributed by atoms with E-state index in [0.29, 0.717) is 0 Å². The minimum absolute atomic E-state index is 0.810. The summed E-state index contributed by atoms with van der Waals surface area (Å²) in [4.78, 5) is 3.52. The smallest absolute Gasteiger partial charge is 0.0468 e. The van der Waals surface area contributed by atoms with Crippen LogP contribution < -0.4 is 5.73 Å². The van der Waals surface area contributed by atoms with Crippen LogP contribution in [0.3, 0.4) is 0 Å². The van der Waals surface area contributed by atoms with Crippen LogP contribution in [-0.2, 0) is 6.42 Å². The van der Waals surface area contributed by atoms with Crippen molar-refractivity contribution in [3.05, 3.63) is 65.2 Å². The van der Waals surface area contributed by atoms with Crippen LogP contribution in [0.2, 0.25) is 0 Å². The summed E-state index contributed by atoms with van der Waals surface area (Å²) in [5, 5.41) is 2.47. The molecular weight excluding hydrogens is 268 g/mol. The fourth-order valence-electron chi connectivity index (χ4n) is 3.71. The molecule has 22 heavy (non-hydrogen) atoms. The van der Waals surface area contributed by atoms with E-state index in [2.05, 4.69) is 54.4 Å². The summed E-state index contributed by atoms with van der Waals surface area (Å²) in [7, 11) is 0. The van der Waals surface area contributed by atoms with Crippen LogP contribution in [0.4, 0.5) is 5.69 Å². The molecule has 1 aliphatic carbocycles. The normalized spacial score (nSPS) is 12.8. The summed E-state index contributed by atoms with van der Waals surface area (Å²) < 4.78 is 0. The van der Waals surface area contributed by atoms with Gasteiger partial charge in [0, 0.05) is 27.5 Å². The van der Waals surface area contributed by atoms with Gasteiger partial charge in [-0.2, -0.15) is 0 Å². The van der Waals surface area contributed by atoms with Gasteiger partial charge in [0.25, 0.3) is 0 Å². The van der Waals surface area contributed by atoms with E-state index in [-0.39, 0.29) is 0 Å². The topological polar surface area (TPSA) is 41.8 Å². The number of nitrogen functional groups attached to an aromatic ring is 1. The number of nitrogens with two attached hydrogens (primary N) is 1. The van der Waals surface area contributed by atoms with E-state index in [1.807, 2.05) is 6.07 Å². The van der Waals surface area contributed by atoms with E-state index in [4.69, 9.17) is 5.73 Å². The Hall–Kier alpha value is -2.74. The standard InChI is InChI=1S/C20H16N2/c1-11-2-3-12-7-13-8-20-18(10-16(13)15(12)6-11)17-9-14(21)4-5-19(17)22-20/h2-6,8-10,22H,7,21H2,1H3. The quantitative estimate of drug-likeness (QED) is 0.395. The maximum atomic E-state index is 5.97. The minimum atomic E-state index is 0.810. The molecule has 0 saturated carbocycles. The van der Waals surface area contributed by atoms with Gasteiger partial charge in [-0.1, -0.05) is 23.8 Å². The van der Waals surface area contributed by atoms with Crippen LogP contribution in [0.5, 0.6) is 0 Å². The lowest BCUT2D eigenvalue weighted by atomic mass is 10.0. The Bertz CT molecular complexity index is 1070. The van der Waals surface area contributed by atoms with Crippen molar-refractivity contribution in [3.63, 3.8) is 0 Å². The van der Waals surface area contributed by atoms with Gasteiger partial charge in [0.15, 0.2) is 0 Å². The van der Waals surface area contributed by atoms with E-state index in [1.165, 1.54) is 44.1 Å². The van der Waals surface area contributed by atoms with Gasteiger partial charge in [-0.15, -0.1) is 0 Å². The fraction of sp³-hybridized carbons (Fsp3) is 0.100. The molecule has 0 spiro atoms. The van der Waals surface area contributed by atoms with Crippen molar-refractivity contribution in [2.75, 3.05) is 5.73 Å². The number of H-pyrrole nitrogens is 1. The molecule has 2 heteroatoms. The predicted octanol–water partition coefficient (Wildman–Crippen LogP) is 4.78. The molecule has 1 aliphatic rings. The highest BCUT2D eigenvalue weighted by Gasteiger charge is 2.20. The van der Waals surface area contributed by atoms with Crippen LogP contribution >= 0.6 is 0 Å².